The second-order valence-electron chi connectivity index (χ2n) is 13.6. The van der Waals surface area contributed by atoms with Crippen molar-refractivity contribution in [3.05, 3.63) is 40.7 Å². The molecule has 49 heavy (non-hydrogen) atoms. The first kappa shape index (κ1) is 37.8. The number of nitrogens with zero attached hydrogens (tertiary/aromatic N) is 5. The summed E-state index contributed by atoms with van der Waals surface area (Å²) in [4.78, 5) is 70.6. The minimum absolute atomic E-state index is 0.0522. The molecule has 0 spiro atoms. The van der Waals surface area contributed by atoms with Gasteiger partial charge in [-0.05, 0) is 66.0 Å². The largest absolute Gasteiger partial charge is 0.508 e. The van der Waals surface area contributed by atoms with E-state index in [1.807, 2.05) is 0 Å². The van der Waals surface area contributed by atoms with Crippen LogP contribution in [0.3, 0.4) is 0 Å². The number of anilines is 1. The third-order valence-electron chi connectivity index (χ3n) is 7.07. The smallest absolute Gasteiger partial charge is 0.430 e. The van der Waals surface area contributed by atoms with Gasteiger partial charge in [0, 0.05) is 17.0 Å². The van der Waals surface area contributed by atoms with E-state index >= 15 is 0 Å². The molecule has 4 rings (SSSR count). The number of carbonyl (C=O) groups excluding carboxylic acids is 2. The lowest BCUT2D eigenvalue weighted by Crippen LogP contribution is -2.49. The number of fused-ring (bicyclic) bond motifs is 1. The predicted octanol–water partition coefficient (Wildman–Crippen LogP) is 5.04. The molecule has 2 aromatic heterocycles. The number of nitro benzene ring substituents is 1. The molecule has 3 aromatic rings. The van der Waals surface area contributed by atoms with Gasteiger partial charge in [-0.15, -0.1) is 0 Å². The molecule has 0 radical (unpaired) electrons. The van der Waals surface area contributed by atoms with Gasteiger partial charge < -0.3 is 43.8 Å². The van der Waals surface area contributed by atoms with E-state index < -0.39 is 60.2 Å². The van der Waals surface area contributed by atoms with Crippen LogP contribution < -0.4 is 5.73 Å². The quantitative estimate of drug-likeness (QED) is 0.0726. The number of benzene rings is 1. The molecule has 2 atom stereocenters. The highest BCUT2D eigenvalue weighted by molar-refractivity contribution is 7.99. The van der Waals surface area contributed by atoms with Gasteiger partial charge in [0.15, 0.2) is 5.65 Å². The number of hydrogen-bond donors (Lipinski definition) is 3. The molecule has 18 nitrogen and oxygen atoms in total. The van der Waals surface area contributed by atoms with Gasteiger partial charge in [0.2, 0.25) is 11.3 Å². The first-order valence-electron chi connectivity index (χ1n) is 14.9. The first-order valence-corrected chi connectivity index (χ1v) is 17.3. The molecule has 268 valence electrons. The summed E-state index contributed by atoms with van der Waals surface area (Å²) in [6.45, 7) is 9.12. The summed E-state index contributed by atoms with van der Waals surface area (Å²) < 4.78 is 41.7. The molecule has 0 saturated heterocycles. The Bertz CT molecular complexity index is 1740. The number of carbonyl (C=O) groups is 2. The summed E-state index contributed by atoms with van der Waals surface area (Å²) in [6.07, 6.45) is -0.731. The van der Waals surface area contributed by atoms with Crippen molar-refractivity contribution in [3.8, 4) is 0 Å². The maximum Gasteiger partial charge on any atom is 0.508 e. The standard InChI is InChI=1S/C29H39N6O12PS/c1-17-12-28(17,13-34-16-31-20-21(34)32-23(30)33-22(20)49-19-10-8-18(9-11-19)35(38)39)47-29(48(40,41)42,14-43-24(36)45-26(2,3)4)15-44-25(37)46-27(5,6)7/h8-11,16-17H,12-15H2,1-7H3,(H2,30,32,33)(H2,40,41,42). The van der Waals surface area contributed by atoms with Crippen LogP contribution in [0.15, 0.2) is 40.5 Å². The molecule has 1 aromatic carbocycles. The highest BCUT2D eigenvalue weighted by Crippen LogP contribution is 2.59. The van der Waals surface area contributed by atoms with Crippen molar-refractivity contribution >= 4 is 54.5 Å². The Morgan fingerprint density at radius 2 is 1.59 bits per heavy atom. The van der Waals surface area contributed by atoms with Crippen LogP contribution in [-0.4, -0.2) is 81.9 Å². The molecule has 0 aliphatic heterocycles. The van der Waals surface area contributed by atoms with Crippen LogP contribution in [0.2, 0.25) is 0 Å². The number of hydrogen-bond acceptors (Lipinski definition) is 15. The van der Waals surface area contributed by atoms with Crippen LogP contribution in [0.1, 0.15) is 54.9 Å². The number of nitrogen functional groups attached to an aromatic ring is 1. The lowest BCUT2D eigenvalue weighted by Gasteiger charge is -2.37. The maximum absolute atomic E-state index is 13.2. The van der Waals surface area contributed by atoms with Gasteiger partial charge >= 0.3 is 19.9 Å². The van der Waals surface area contributed by atoms with Gasteiger partial charge in [0.25, 0.3) is 5.69 Å². The van der Waals surface area contributed by atoms with Gasteiger partial charge in [-0.1, -0.05) is 18.7 Å². The molecule has 1 aliphatic carbocycles. The van der Waals surface area contributed by atoms with Crippen molar-refractivity contribution < 1.29 is 52.5 Å². The Morgan fingerprint density at radius 1 is 1.06 bits per heavy atom. The molecule has 0 bridgehead atoms. The monoisotopic (exact) mass is 726 g/mol. The normalized spacial score (nSPS) is 18.2. The van der Waals surface area contributed by atoms with E-state index in [-0.39, 0.29) is 36.2 Å². The molecular formula is C29H39N6O12PS. The van der Waals surface area contributed by atoms with Crippen molar-refractivity contribution in [1.82, 2.24) is 19.5 Å². The zero-order valence-electron chi connectivity index (χ0n) is 27.9. The van der Waals surface area contributed by atoms with Crippen LogP contribution >= 0.6 is 19.4 Å². The van der Waals surface area contributed by atoms with Crippen LogP contribution in [0.25, 0.3) is 11.2 Å². The molecule has 1 saturated carbocycles. The molecule has 2 heterocycles. The van der Waals surface area contributed by atoms with Crippen LogP contribution in [0.5, 0.6) is 0 Å². The Kier molecular flexibility index (Phi) is 10.6. The lowest BCUT2D eigenvalue weighted by atomic mass is 10.2. The third-order valence-corrected chi connectivity index (χ3v) is 9.47. The fraction of sp³-hybridized carbons (Fsp3) is 0.552. The predicted molar refractivity (Wildman–Crippen MR) is 174 cm³/mol. The van der Waals surface area contributed by atoms with E-state index in [0.29, 0.717) is 15.4 Å². The molecule has 1 aliphatic rings. The number of imidazole rings is 1. The number of non-ortho nitro benzene ring substituents is 1. The van der Waals surface area contributed by atoms with Crippen molar-refractivity contribution in [2.45, 2.75) is 93.5 Å². The fourth-order valence-electron chi connectivity index (χ4n) is 4.62. The summed E-state index contributed by atoms with van der Waals surface area (Å²) in [6, 6.07) is 5.81. The van der Waals surface area contributed by atoms with E-state index in [1.54, 1.807) is 65.2 Å². The Balaban J connectivity index is 1.66. The Morgan fingerprint density at radius 3 is 2.04 bits per heavy atom. The number of ether oxygens (including phenoxy) is 5. The van der Waals surface area contributed by atoms with E-state index in [4.69, 9.17) is 29.4 Å². The molecule has 20 heteroatoms. The summed E-state index contributed by atoms with van der Waals surface area (Å²) >= 11 is 1.15. The first-order chi connectivity index (χ1) is 22.5. The van der Waals surface area contributed by atoms with Crippen LogP contribution in [0.4, 0.5) is 21.2 Å². The molecule has 1 fully saturated rings. The minimum atomic E-state index is -5.41. The van der Waals surface area contributed by atoms with Gasteiger partial charge in [-0.25, -0.2) is 19.6 Å². The van der Waals surface area contributed by atoms with E-state index in [0.717, 1.165) is 11.8 Å². The number of rotatable bonds is 12. The summed E-state index contributed by atoms with van der Waals surface area (Å²) in [7, 11) is -5.41. The van der Waals surface area contributed by atoms with E-state index in [1.165, 1.54) is 18.5 Å². The van der Waals surface area contributed by atoms with Gasteiger partial charge in [-0.2, -0.15) is 4.98 Å². The van der Waals surface area contributed by atoms with Crippen molar-refractivity contribution in [2.75, 3.05) is 18.9 Å². The number of aromatic nitrogens is 4. The average Bonchev–Trinajstić information content (AvgIpc) is 3.38. The van der Waals surface area contributed by atoms with Crippen molar-refractivity contribution in [2.24, 2.45) is 5.92 Å². The van der Waals surface area contributed by atoms with Gasteiger partial charge in [0.1, 0.15) is 35.0 Å². The van der Waals surface area contributed by atoms with Crippen LogP contribution in [-0.2, 0) is 34.8 Å². The van der Waals surface area contributed by atoms with E-state index in [2.05, 4.69) is 15.0 Å². The molecule has 0 amide bonds. The Labute approximate surface area is 285 Å². The zero-order valence-corrected chi connectivity index (χ0v) is 29.6. The lowest BCUT2D eigenvalue weighted by molar-refractivity contribution is -0.384. The van der Waals surface area contributed by atoms with Crippen molar-refractivity contribution in [1.29, 1.82) is 0 Å². The highest BCUT2D eigenvalue weighted by Gasteiger charge is 2.63. The maximum atomic E-state index is 13.2. The molecule has 2 unspecified atom stereocenters. The molecular weight excluding hydrogens is 687 g/mol. The number of nitro groups is 1. The second kappa shape index (κ2) is 13.7. The second-order valence-corrected chi connectivity index (χ2v) is 16.5. The highest BCUT2D eigenvalue weighted by atomic mass is 32.2. The Hall–Kier alpha value is -4.03. The van der Waals surface area contributed by atoms with E-state index in [9.17, 15) is 34.1 Å². The zero-order chi connectivity index (χ0) is 36.6. The van der Waals surface area contributed by atoms with Gasteiger partial charge in [-0.3, -0.25) is 14.7 Å². The SMILES string of the molecule is CC1CC1(Cn1cnc2c(Sc3ccc([N+](=O)[O-])cc3)nc(N)nc21)OC(COC(=O)OC(C)(C)C)(COC(=O)OC(C)(C)C)P(=O)(O)O. The fourth-order valence-corrected chi connectivity index (χ4v) is 6.26. The third kappa shape index (κ3) is 9.57. The van der Waals surface area contributed by atoms with Crippen LogP contribution in [0, 0.1) is 16.0 Å². The number of nitrogens with two attached hydrogens (primary N) is 1. The van der Waals surface area contributed by atoms with Gasteiger partial charge in [0.05, 0.1) is 23.4 Å². The summed E-state index contributed by atoms with van der Waals surface area (Å²) in [5.41, 5.74) is 3.31. The minimum Gasteiger partial charge on any atom is -0.430 e. The van der Waals surface area contributed by atoms with Crippen molar-refractivity contribution in [3.63, 3.8) is 0 Å². The molecule has 4 N–H and O–H groups in total. The average molecular weight is 727 g/mol. The summed E-state index contributed by atoms with van der Waals surface area (Å²) in [5.74, 6) is -0.398. The summed E-state index contributed by atoms with van der Waals surface area (Å²) in [5, 5.41) is 8.73. The topological polar surface area (TPSA) is 251 Å².